The van der Waals surface area contributed by atoms with Crippen molar-refractivity contribution in [2.24, 2.45) is 0 Å². The van der Waals surface area contributed by atoms with E-state index >= 15 is 0 Å². The van der Waals surface area contributed by atoms with Gasteiger partial charge in [0.1, 0.15) is 4.60 Å². The molecule has 1 atom stereocenters. The monoisotopic (exact) mass is 347 g/mol. The minimum absolute atomic E-state index is 0.202. The highest BCUT2D eigenvalue weighted by atomic mass is 79.9. The third-order valence-corrected chi connectivity index (χ3v) is 4.58. The van der Waals surface area contributed by atoms with Crippen molar-refractivity contribution in [1.29, 1.82) is 0 Å². The Bertz CT molecular complexity index is 840. The van der Waals surface area contributed by atoms with Gasteiger partial charge in [-0.3, -0.25) is 0 Å². The van der Waals surface area contributed by atoms with E-state index in [4.69, 9.17) is 4.98 Å². The van der Waals surface area contributed by atoms with Crippen LogP contribution in [0.2, 0.25) is 0 Å². The van der Waals surface area contributed by atoms with Gasteiger partial charge in [-0.25, -0.2) is 4.98 Å². The van der Waals surface area contributed by atoms with Gasteiger partial charge in [0.15, 0.2) is 0 Å². The molecule has 3 aromatic rings. The molecule has 1 aliphatic rings. The van der Waals surface area contributed by atoms with Crippen LogP contribution in [0.5, 0.6) is 0 Å². The second-order valence-electron chi connectivity index (χ2n) is 5.44. The molecule has 2 aromatic carbocycles. The van der Waals surface area contributed by atoms with Crippen molar-refractivity contribution in [3.63, 3.8) is 0 Å². The van der Waals surface area contributed by atoms with Crippen LogP contribution in [0, 0.1) is 0 Å². The lowest BCUT2D eigenvalue weighted by Gasteiger charge is -2.19. The maximum Gasteiger partial charge on any atom is 0.106 e. The van der Waals surface area contributed by atoms with E-state index < -0.39 is 0 Å². The molecule has 1 heterocycles. The summed E-state index contributed by atoms with van der Waals surface area (Å²) in [6.45, 7) is 0. The minimum atomic E-state index is -0.202. The van der Waals surface area contributed by atoms with Gasteiger partial charge in [0.05, 0.1) is 11.1 Å². The minimum Gasteiger partial charge on any atom is -0.244 e. The van der Waals surface area contributed by atoms with Gasteiger partial charge in [-0.15, -0.1) is 0 Å². The molecule has 0 bridgehead atoms. The van der Waals surface area contributed by atoms with E-state index in [0.717, 1.165) is 10.3 Å². The predicted molar refractivity (Wildman–Crippen MR) is 93.6 cm³/mol. The summed E-state index contributed by atoms with van der Waals surface area (Å²) in [6, 6.07) is 27.2. The molecule has 1 aromatic heterocycles. The molecule has 0 spiro atoms. The van der Waals surface area contributed by atoms with Crippen LogP contribution in [0.25, 0.3) is 5.57 Å². The molecule has 1 aliphatic carbocycles. The first kappa shape index (κ1) is 13.5. The van der Waals surface area contributed by atoms with Crippen LogP contribution in [-0.4, -0.2) is 4.98 Å². The fraction of sp³-hybridized carbons (Fsp3) is 0.0500. The van der Waals surface area contributed by atoms with E-state index in [1.807, 2.05) is 18.2 Å². The van der Waals surface area contributed by atoms with Gasteiger partial charge >= 0.3 is 0 Å². The van der Waals surface area contributed by atoms with Gasteiger partial charge in [-0.05, 0) is 44.8 Å². The smallest absolute Gasteiger partial charge is 0.106 e. The molecule has 106 valence electrons. The summed E-state index contributed by atoms with van der Waals surface area (Å²) in [6.07, 6.45) is 2.31. The van der Waals surface area contributed by atoms with Crippen molar-refractivity contribution < 1.29 is 0 Å². The lowest BCUT2D eigenvalue weighted by molar-refractivity contribution is 0.880. The van der Waals surface area contributed by atoms with Gasteiger partial charge in [0, 0.05) is 0 Å². The predicted octanol–water partition coefficient (Wildman–Crippen LogP) is 5.23. The van der Waals surface area contributed by atoms with Crippen LogP contribution >= 0.6 is 15.9 Å². The number of benzene rings is 2. The summed E-state index contributed by atoms with van der Waals surface area (Å²) >= 11 is 3.50. The summed E-state index contributed by atoms with van der Waals surface area (Å²) in [5.41, 5.74) is 4.70. The number of pyridine rings is 1. The summed E-state index contributed by atoms with van der Waals surface area (Å²) in [7, 11) is 0. The van der Waals surface area contributed by atoms with E-state index in [-0.39, 0.29) is 5.41 Å². The quantitative estimate of drug-likeness (QED) is 0.591. The maximum absolute atomic E-state index is 4.72. The summed E-state index contributed by atoms with van der Waals surface area (Å²) < 4.78 is 0.869. The van der Waals surface area contributed by atoms with E-state index in [1.54, 1.807) is 0 Å². The second-order valence-corrected chi connectivity index (χ2v) is 6.26. The molecule has 2 heteroatoms. The molecule has 22 heavy (non-hydrogen) atoms. The number of rotatable bonds is 3. The standard InChI is InChI=1S/C20H14BrN/c21-19-13-7-12-18(22-19)20(16-10-5-2-6-11-16)14-17(20)15-8-3-1-4-9-15/h1-14H. The molecule has 0 saturated carbocycles. The Balaban J connectivity index is 1.86. The zero-order valence-corrected chi connectivity index (χ0v) is 13.5. The van der Waals surface area contributed by atoms with Gasteiger partial charge in [0.2, 0.25) is 0 Å². The van der Waals surface area contributed by atoms with Crippen LogP contribution in [-0.2, 0) is 5.41 Å². The van der Waals surface area contributed by atoms with Crippen LogP contribution in [0.1, 0.15) is 16.8 Å². The van der Waals surface area contributed by atoms with Crippen molar-refractivity contribution in [2.45, 2.75) is 5.41 Å². The first-order valence-electron chi connectivity index (χ1n) is 7.28. The molecule has 0 fully saturated rings. The van der Waals surface area contributed by atoms with Crippen LogP contribution in [0.4, 0.5) is 0 Å². The van der Waals surface area contributed by atoms with Crippen LogP contribution < -0.4 is 0 Å². The molecular weight excluding hydrogens is 334 g/mol. The van der Waals surface area contributed by atoms with Gasteiger partial charge in [0.25, 0.3) is 0 Å². The Kier molecular flexibility index (Phi) is 3.20. The largest absolute Gasteiger partial charge is 0.244 e. The molecule has 0 N–H and O–H groups in total. The van der Waals surface area contributed by atoms with Gasteiger partial charge < -0.3 is 0 Å². The number of halogens is 1. The average Bonchev–Trinajstić information content (AvgIpc) is 3.33. The molecular formula is C20H14BrN. The fourth-order valence-corrected chi connectivity index (χ4v) is 3.38. The highest BCUT2D eigenvalue weighted by molar-refractivity contribution is 9.10. The fourth-order valence-electron chi connectivity index (χ4n) is 3.04. The Morgan fingerprint density at radius 2 is 1.41 bits per heavy atom. The number of hydrogen-bond acceptors (Lipinski definition) is 1. The Morgan fingerprint density at radius 1 is 0.727 bits per heavy atom. The third-order valence-electron chi connectivity index (χ3n) is 4.14. The lowest BCUT2D eigenvalue weighted by Crippen LogP contribution is -2.15. The molecule has 4 rings (SSSR count). The number of aromatic nitrogens is 1. The van der Waals surface area contributed by atoms with Gasteiger partial charge in [-0.2, -0.15) is 0 Å². The number of hydrogen-bond donors (Lipinski definition) is 0. The summed E-state index contributed by atoms with van der Waals surface area (Å²) in [4.78, 5) is 4.72. The van der Waals surface area contributed by atoms with Crippen LogP contribution in [0.3, 0.4) is 0 Å². The Labute approximate surface area is 138 Å². The normalized spacial score (nSPS) is 19.6. The number of nitrogens with zero attached hydrogens (tertiary/aromatic N) is 1. The highest BCUT2D eigenvalue weighted by Crippen LogP contribution is 2.56. The Morgan fingerprint density at radius 3 is 2.09 bits per heavy atom. The van der Waals surface area contributed by atoms with Crippen molar-refractivity contribution >= 4 is 21.5 Å². The summed E-state index contributed by atoms with van der Waals surface area (Å²) in [5, 5.41) is 0. The van der Waals surface area contributed by atoms with E-state index in [2.05, 4.69) is 82.7 Å². The summed E-state index contributed by atoms with van der Waals surface area (Å²) in [5.74, 6) is 0. The van der Waals surface area contributed by atoms with Crippen molar-refractivity contribution in [3.05, 3.63) is 106 Å². The van der Waals surface area contributed by atoms with Gasteiger partial charge in [-0.1, -0.05) is 72.8 Å². The molecule has 1 unspecified atom stereocenters. The third kappa shape index (κ3) is 2.11. The zero-order chi connectivity index (χ0) is 15.0. The first-order chi connectivity index (χ1) is 10.8. The molecule has 0 radical (unpaired) electrons. The Hall–Kier alpha value is -2.19. The SMILES string of the molecule is Brc1cccc(C2(c3ccccc3)C=C2c2ccccc2)n1. The molecule has 0 saturated heterocycles. The molecule has 0 aliphatic heterocycles. The zero-order valence-electron chi connectivity index (χ0n) is 11.9. The van der Waals surface area contributed by atoms with E-state index in [9.17, 15) is 0 Å². The van der Waals surface area contributed by atoms with Crippen molar-refractivity contribution in [3.8, 4) is 0 Å². The van der Waals surface area contributed by atoms with E-state index in [1.165, 1.54) is 16.7 Å². The van der Waals surface area contributed by atoms with Crippen molar-refractivity contribution in [1.82, 2.24) is 4.98 Å². The topological polar surface area (TPSA) is 12.9 Å². The van der Waals surface area contributed by atoms with E-state index in [0.29, 0.717) is 0 Å². The molecule has 0 amide bonds. The van der Waals surface area contributed by atoms with Crippen LogP contribution in [0.15, 0.2) is 89.5 Å². The van der Waals surface area contributed by atoms with Crippen molar-refractivity contribution in [2.75, 3.05) is 0 Å². The number of allylic oxidation sites excluding steroid dienone is 2. The second kappa shape index (κ2) is 5.22. The maximum atomic E-state index is 4.72. The first-order valence-corrected chi connectivity index (χ1v) is 8.07. The lowest BCUT2D eigenvalue weighted by atomic mass is 9.84. The highest BCUT2D eigenvalue weighted by Gasteiger charge is 2.48. The average molecular weight is 348 g/mol. The molecule has 1 nitrogen and oxygen atoms in total.